The Kier molecular flexibility index (Phi) is 5.02. The van der Waals surface area contributed by atoms with Crippen molar-refractivity contribution in [2.24, 2.45) is 0 Å². The van der Waals surface area contributed by atoms with E-state index < -0.39 is 17.5 Å². The molecule has 0 fully saturated rings. The molecular formula is C24H20O7. The SMILES string of the molecule is C=C/C=C\C1=C(C)C2(OC1=O)c1ccc(O)cc1Oc1cc(OCC(=O)OC)ccc12. The van der Waals surface area contributed by atoms with Crippen LogP contribution in [0.4, 0.5) is 0 Å². The third-order valence-corrected chi connectivity index (χ3v) is 5.28. The van der Waals surface area contributed by atoms with Crippen molar-refractivity contribution >= 4 is 11.9 Å². The van der Waals surface area contributed by atoms with Crippen LogP contribution in [0.2, 0.25) is 0 Å². The number of benzene rings is 2. The van der Waals surface area contributed by atoms with Crippen molar-refractivity contribution in [2.75, 3.05) is 13.7 Å². The van der Waals surface area contributed by atoms with Crippen molar-refractivity contribution in [3.05, 3.63) is 83.5 Å². The second-order valence-corrected chi connectivity index (χ2v) is 7.01. The first-order valence-electron chi connectivity index (χ1n) is 9.50. The summed E-state index contributed by atoms with van der Waals surface area (Å²) in [5.41, 5.74) is 1.06. The van der Waals surface area contributed by atoms with Crippen molar-refractivity contribution in [3.8, 4) is 23.0 Å². The fraction of sp³-hybridized carbons (Fsp3) is 0.167. The third-order valence-electron chi connectivity index (χ3n) is 5.28. The molecule has 1 atom stereocenters. The molecule has 2 aliphatic rings. The Morgan fingerprint density at radius 1 is 1.19 bits per heavy atom. The van der Waals surface area contributed by atoms with E-state index in [1.807, 2.05) is 6.92 Å². The largest absolute Gasteiger partial charge is 0.508 e. The Balaban J connectivity index is 1.88. The topological polar surface area (TPSA) is 91.3 Å². The fourth-order valence-electron chi connectivity index (χ4n) is 3.80. The lowest BCUT2D eigenvalue weighted by Crippen LogP contribution is -2.33. The summed E-state index contributed by atoms with van der Waals surface area (Å²) in [6.07, 6.45) is 4.90. The highest BCUT2D eigenvalue weighted by atomic mass is 16.6. The van der Waals surface area contributed by atoms with E-state index in [4.69, 9.17) is 14.2 Å². The molecule has 1 N–H and O–H groups in total. The molecule has 2 heterocycles. The Bertz CT molecular complexity index is 1160. The van der Waals surface area contributed by atoms with Gasteiger partial charge in [0.25, 0.3) is 0 Å². The molecule has 2 aromatic carbocycles. The Hall–Kier alpha value is -4.00. The first kappa shape index (κ1) is 20.3. The number of ether oxygens (including phenoxy) is 4. The number of esters is 2. The van der Waals surface area contributed by atoms with Crippen molar-refractivity contribution < 1.29 is 33.6 Å². The lowest BCUT2D eigenvalue weighted by Gasteiger charge is -2.37. The van der Waals surface area contributed by atoms with Gasteiger partial charge < -0.3 is 24.1 Å². The van der Waals surface area contributed by atoms with Crippen LogP contribution in [0.5, 0.6) is 23.0 Å². The first-order chi connectivity index (χ1) is 14.9. The van der Waals surface area contributed by atoms with E-state index in [-0.39, 0.29) is 12.4 Å². The second-order valence-electron chi connectivity index (χ2n) is 7.01. The molecule has 158 valence electrons. The molecule has 2 aliphatic heterocycles. The van der Waals surface area contributed by atoms with Gasteiger partial charge in [-0.3, -0.25) is 0 Å². The molecule has 0 aliphatic carbocycles. The third kappa shape index (κ3) is 3.24. The molecule has 7 nitrogen and oxygen atoms in total. The Morgan fingerprint density at radius 3 is 2.61 bits per heavy atom. The van der Waals surface area contributed by atoms with Gasteiger partial charge in [0.2, 0.25) is 0 Å². The summed E-state index contributed by atoms with van der Waals surface area (Å²) in [6.45, 7) is 5.21. The number of carbonyl (C=O) groups excluding carboxylic acids is 2. The molecule has 1 unspecified atom stereocenters. The number of fused-ring (bicyclic) bond motifs is 4. The van der Waals surface area contributed by atoms with E-state index in [1.54, 1.807) is 42.5 Å². The zero-order chi connectivity index (χ0) is 22.2. The monoisotopic (exact) mass is 420 g/mol. The number of allylic oxidation sites excluding steroid dienone is 2. The number of hydrogen-bond donors (Lipinski definition) is 1. The summed E-state index contributed by atoms with van der Waals surface area (Å²) in [5, 5.41) is 9.98. The lowest BCUT2D eigenvalue weighted by atomic mass is 9.77. The lowest BCUT2D eigenvalue weighted by molar-refractivity contribution is -0.145. The minimum absolute atomic E-state index is 0.00757. The number of carbonyl (C=O) groups is 2. The first-order valence-corrected chi connectivity index (χ1v) is 9.50. The molecule has 1 spiro atoms. The van der Waals surface area contributed by atoms with Gasteiger partial charge in [-0.15, -0.1) is 0 Å². The van der Waals surface area contributed by atoms with Crippen LogP contribution in [0.3, 0.4) is 0 Å². The molecule has 0 bridgehead atoms. The van der Waals surface area contributed by atoms with Crippen LogP contribution >= 0.6 is 0 Å². The van der Waals surface area contributed by atoms with Crippen LogP contribution < -0.4 is 9.47 Å². The average molecular weight is 420 g/mol. The summed E-state index contributed by atoms with van der Waals surface area (Å²) in [6, 6.07) is 9.64. The summed E-state index contributed by atoms with van der Waals surface area (Å²) < 4.78 is 22.1. The molecule has 0 aromatic heterocycles. The van der Waals surface area contributed by atoms with Gasteiger partial charge in [0.05, 0.1) is 12.7 Å². The van der Waals surface area contributed by atoms with Crippen molar-refractivity contribution in [2.45, 2.75) is 12.5 Å². The quantitative estimate of drug-likeness (QED) is 0.579. The highest BCUT2D eigenvalue weighted by Crippen LogP contribution is 2.56. The fourth-order valence-corrected chi connectivity index (χ4v) is 3.80. The van der Waals surface area contributed by atoms with Crippen LogP contribution in [-0.4, -0.2) is 30.8 Å². The van der Waals surface area contributed by atoms with Crippen LogP contribution in [0.15, 0.2) is 72.4 Å². The molecule has 4 rings (SSSR count). The predicted molar refractivity (Wildman–Crippen MR) is 111 cm³/mol. The number of hydrogen-bond acceptors (Lipinski definition) is 7. The van der Waals surface area contributed by atoms with E-state index in [0.717, 1.165) is 0 Å². The number of methoxy groups -OCH3 is 1. The highest BCUT2D eigenvalue weighted by molar-refractivity contribution is 5.97. The van der Waals surface area contributed by atoms with Crippen molar-refractivity contribution in [1.29, 1.82) is 0 Å². The molecule has 31 heavy (non-hydrogen) atoms. The van der Waals surface area contributed by atoms with Crippen molar-refractivity contribution in [3.63, 3.8) is 0 Å². The second kappa shape index (κ2) is 7.68. The van der Waals surface area contributed by atoms with E-state index >= 15 is 0 Å². The van der Waals surface area contributed by atoms with E-state index in [1.165, 1.54) is 19.2 Å². The minimum Gasteiger partial charge on any atom is -0.508 e. The zero-order valence-electron chi connectivity index (χ0n) is 17.0. The van der Waals surface area contributed by atoms with Crippen LogP contribution in [0.25, 0.3) is 0 Å². The summed E-state index contributed by atoms with van der Waals surface area (Å²) >= 11 is 0. The van der Waals surface area contributed by atoms with Gasteiger partial charge in [-0.25, -0.2) is 9.59 Å². The maximum atomic E-state index is 12.8. The Labute approximate surface area is 178 Å². The van der Waals surface area contributed by atoms with Crippen LogP contribution in [0, 0.1) is 0 Å². The van der Waals surface area contributed by atoms with E-state index in [9.17, 15) is 14.7 Å². The molecule has 2 aromatic rings. The van der Waals surface area contributed by atoms with Gasteiger partial charge in [-0.1, -0.05) is 18.7 Å². The molecule has 0 saturated heterocycles. The minimum atomic E-state index is -1.23. The standard InChI is InChI=1S/C24H20O7/c1-4-5-6-17-14(2)24(31-23(17)27)18-9-7-15(25)11-20(18)30-21-12-16(8-10-19(21)24)29-13-22(26)28-3/h4-12,25H,1,13H2,2-3H3/b6-5-. The molecule has 0 amide bonds. The van der Waals surface area contributed by atoms with Gasteiger partial charge in [0, 0.05) is 23.3 Å². The molecule has 0 radical (unpaired) electrons. The van der Waals surface area contributed by atoms with Gasteiger partial charge in [-0.05, 0) is 42.8 Å². The normalized spacial score (nSPS) is 19.0. The van der Waals surface area contributed by atoms with Gasteiger partial charge in [0.1, 0.15) is 23.0 Å². The van der Waals surface area contributed by atoms with Gasteiger partial charge >= 0.3 is 11.9 Å². The maximum absolute atomic E-state index is 12.8. The van der Waals surface area contributed by atoms with Crippen molar-refractivity contribution in [1.82, 2.24) is 0 Å². The Morgan fingerprint density at radius 2 is 1.90 bits per heavy atom. The smallest absolute Gasteiger partial charge is 0.343 e. The van der Waals surface area contributed by atoms with Crippen LogP contribution in [-0.2, 0) is 24.7 Å². The highest BCUT2D eigenvalue weighted by Gasteiger charge is 2.53. The van der Waals surface area contributed by atoms with Gasteiger partial charge in [-0.2, -0.15) is 0 Å². The number of rotatable bonds is 5. The average Bonchev–Trinajstić information content (AvgIpc) is 3.00. The molecular weight excluding hydrogens is 400 g/mol. The number of phenols is 1. The summed E-state index contributed by atoms with van der Waals surface area (Å²) in [7, 11) is 1.27. The van der Waals surface area contributed by atoms with Gasteiger partial charge in [0.15, 0.2) is 12.2 Å². The molecule has 0 saturated carbocycles. The molecule has 7 heteroatoms. The number of aromatic hydroxyl groups is 1. The summed E-state index contributed by atoms with van der Waals surface area (Å²) in [4.78, 5) is 24.2. The van der Waals surface area contributed by atoms with E-state index in [2.05, 4.69) is 11.3 Å². The zero-order valence-corrected chi connectivity index (χ0v) is 17.0. The maximum Gasteiger partial charge on any atom is 0.343 e. The van der Waals surface area contributed by atoms with E-state index in [0.29, 0.717) is 39.5 Å². The predicted octanol–water partition coefficient (Wildman–Crippen LogP) is 3.91. The number of phenolic OH excluding ortho intramolecular Hbond substituents is 1. The van der Waals surface area contributed by atoms with Crippen LogP contribution in [0.1, 0.15) is 18.1 Å². The summed E-state index contributed by atoms with van der Waals surface area (Å²) in [5.74, 6) is 0.107.